The molecule has 1 saturated heterocycles. The molecule has 0 saturated carbocycles. The van der Waals surface area contributed by atoms with Gasteiger partial charge in [-0.25, -0.2) is 4.79 Å². The minimum atomic E-state index is -0.576. The number of cyclic esters (lactones) is 1. The standard InChI is InChI=1S/C20H29NO7/c1-20(2,3)28-18(22)9-17-15(12-27-19(23)21-17)11-26-13-25-10-14-5-7-16(24-4)8-6-14/h5-8,15,17H,9-13H2,1-4H3,(H,21,23)/t15-,17+/m1/s1. The van der Waals surface area contributed by atoms with Gasteiger partial charge >= 0.3 is 12.1 Å². The van der Waals surface area contributed by atoms with Crippen LogP contribution >= 0.6 is 0 Å². The first-order valence-corrected chi connectivity index (χ1v) is 9.20. The fraction of sp³-hybridized carbons (Fsp3) is 0.600. The molecule has 1 amide bonds. The summed E-state index contributed by atoms with van der Waals surface area (Å²) in [6, 6.07) is 7.16. The lowest BCUT2D eigenvalue weighted by atomic mass is 9.97. The Balaban J connectivity index is 1.73. The highest BCUT2D eigenvalue weighted by atomic mass is 16.7. The second-order valence-corrected chi connectivity index (χ2v) is 7.59. The van der Waals surface area contributed by atoms with E-state index in [4.69, 9.17) is 23.7 Å². The number of rotatable bonds is 9. The zero-order valence-corrected chi connectivity index (χ0v) is 16.9. The van der Waals surface area contributed by atoms with E-state index in [1.54, 1.807) is 27.9 Å². The number of amides is 1. The quantitative estimate of drug-likeness (QED) is 0.390. The van der Waals surface area contributed by atoms with Crippen molar-refractivity contribution in [3.8, 4) is 5.75 Å². The summed E-state index contributed by atoms with van der Waals surface area (Å²) >= 11 is 0. The van der Waals surface area contributed by atoms with E-state index in [2.05, 4.69) is 5.32 Å². The van der Waals surface area contributed by atoms with Gasteiger partial charge in [-0.15, -0.1) is 0 Å². The molecule has 0 spiro atoms. The summed E-state index contributed by atoms with van der Waals surface area (Å²) < 4.78 is 26.5. The molecule has 0 aliphatic carbocycles. The average Bonchev–Trinajstić information content (AvgIpc) is 2.62. The lowest BCUT2D eigenvalue weighted by Gasteiger charge is -2.32. The minimum Gasteiger partial charge on any atom is -0.497 e. The van der Waals surface area contributed by atoms with Crippen LogP contribution in [0.2, 0.25) is 0 Å². The first-order valence-electron chi connectivity index (χ1n) is 9.20. The van der Waals surface area contributed by atoms with E-state index in [-0.39, 0.29) is 38.3 Å². The van der Waals surface area contributed by atoms with E-state index < -0.39 is 17.7 Å². The van der Waals surface area contributed by atoms with E-state index in [1.807, 2.05) is 24.3 Å². The number of hydrogen-bond acceptors (Lipinski definition) is 7. The van der Waals surface area contributed by atoms with Crippen LogP contribution in [-0.2, 0) is 30.3 Å². The third kappa shape index (κ3) is 7.74. The van der Waals surface area contributed by atoms with Gasteiger partial charge in [-0.2, -0.15) is 0 Å². The van der Waals surface area contributed by atoms with Gasteiger partial charge in [0.25, 0.3) is 0 Å². The Morgan fingerprint density at radius 3 is 2.57 bits per heavy atom. The fourth-order valence-electron chi connectivity index (χ4n) is 2.69. The molecule has 0 aromatic heterocycles. The van der Waals surface area contributed by atoms with Gasteiger partial charge in [0.15, 0.2) is 0 Å². The Morgan fingerprint density at radius 2 is 1.93 bits per heavy atom. The van der Waals surface area contributed by atoms with Crippen molar-refractivity contribution >= 4 is 12.1 Å². The van der Waals surface area contributed by atoms with Crippen molar-refractivity contribution in [1.29, 1.82) is 0 Å². The van der Waals surface area contributed by atoms with Crippen LogP contribution in [-0.4, -0.2) is 50.8 Å². The maximum atomic E-state index is 12.1. The average molecular weight is 395 g/mol. The van der Waals surface area contributed by atoms with Gasteiger partial charge in [-0.3, -0.25) is 4.79 Å². The Bertz CT molecular complexity index is 639. The summed E-state index contributed by atoms with van der Waals surface area (Å²) in [6.45, 7) is 6.36. The van der Waals surface area contributed by atoms with Crippen molar-refractivity contribution in [3.05, 3.63) is 29.8 Å². The molecule has 1 N–H and O–H groups in total. The molecule has 2 atom stereocenters. The van der Waals surface area contributed by atoms with Crippen LogP contribution in [0.1, 0.15) is 32.8 Å². The highest BCUT2D eigenvalue weighted by Crippen LogP contribution is 2.18. The molecular formula is C20H29NO7. The molecule has 1 heterocycles. The molecule has 1 aromatic rings. The predicted octanol–water partition coefficient (Wildman–Crippen LogP) is 2.64. The van der Waals surface area contributed by atoms with Crippen LogP contribution < -0.4 is 10.1 Å². The maximum absolute atomic E-state index is 12.1. The number of methoxy groups -OCH3 is 1. The third-order valence-corrected chi connectivity index (χ3v) is 4.03. The Labute approximate surface area is 165 Å². The summed E-state index contributed by atoms with van der Waals surface area (Å²) in [5, 5.41) is 2.67. The summed E-state index contributed by atoms with van der Waals surface area (Å²) in [5.74, 6) is 0.241. The predicted molar refractivity (Wildman–Crippen MR) is 101 cm³/mol. The van der Waals surface area contributed by atoms with Gasteiger partial charge in [0, 0.05) is 5.92 Å². The largest absolute Gasteiger partial charge is 0.497 e. The summed E-state index contributed by atoms with van der Waals surface area (Å²) in [5.41, 5.74) is 0.425. The Kier molecular flexibility index (Phi) is 8.07. The second-order valence-electron chi connectivity index (χ2n) is 7.59. The van der Waals surface area contributed by atoms with Crippen molar-refractivity contribution in [2.24, 2.45) is 5.92 Å². The summed E-state index contributed by atoms with van der Waals surface area (Å²) in [4.78, 5) is 23.6. The van der Waals surface area contributed by atoms with Crippen LogP contribution in [0.3, 0.4) is 0 Å². The maximum Gasteiger partial charge on any atom is 0.407 e. The zero-order valence-electron chi connectivity index (χ0n) is 16.9. The van der Waals surface area contributed by atoms with Crippen molar-refractivity contribution < 1.29 is 33.3 Å². The van der Waals surface area contributed by atoms with E-state index >= 15 is 0 Å². The summed E-state index contributed by atoms with van der Waals surface area (Å²) in [7, 11) is 1.62. The first kappa shape index (κ1) is 22.0. The molecule has 2 rings (SSSR count). The molecule has 0 bridgehead atoms. The highest BCUT2D eigenvalue weighted by molar-refractivity contribution is 5.73. The lowest BCUT2D eigenvalue weighted by molar-refractivity contribution is -0.156. The number of alkyl carbamates (subject to hydrolysis) is 1. The van der Waals surface area contributed by atoms with Crippen LogP contribution in [0.4, 0.5) is 4.79 Å². The number of ether oxygens (including phenoxy) is 5. The number of carbonyl (C=O) groups is 2. The molecule has 0 unspecified atom stereocenters. The zero-order chi connectivity index (χ0) is 20.6. The third-order valence-electron chi connectivity index (χ3n) is 4.03. The molecule has 156 valence electrons. The number of nitrogens with one attached hydrogen (secondary N) is 1. The monoisotopic (exact) mass is 395 g/mol. The number of benzene rings is 1. The van der Waals surface area contributed by atoms with E-state index in [0.717, 1.165) is 11.3 Å². The number of hydrogen-bond donors (Lipinski definition) is 1. The van der Waals surface area contributed by atoms with Crippen LogP contribution in [0.15, 0.2) is 24.3 Å². The van der Waals surface area contributed by atoms with Crippen molar-refractivity contribution in [1.82, 2.24) is 5.32 Å². The second kappa shape index (κ2) is 10.3. The SMILES string of the molecule is COc1ccc(COCOC[C@@H]2COC(=O)N[C@H]2CC(=O)OC(C)(C)C)cc1. The molecule has 28 heavy (non-hydrogen) atoms. The first-order chi connectivity index (χ1) is 13.3. The molecule has 1 aromatic carbocycles. The lowest BCUT2D eigenvalue weighted by Crippen LogP contribution is -2.51. The normalized spacial score (nSPS) is 19.5. The van der Waals surface area contributed by atoms with Gasteiger partial charge in [0.1, 0.15) is 24.8 Å². The van der Waals surface area contributed by atoms with Crippen molar-refractivity contribution in [2.75, 3.05) is 27.1 Å². The van der Waals surface area contributed by atoms with Gasteiger partial charge < -0.3 is 29.0 Å². The van der Waals surface area contributed by atoms with Crippen LogP contribution in [0.25, 0.3) is 0 Å². The highest BCUT2D eigenvalue weighted by Gasteiger charge is 2.33. The Morgan fingerprint density at radius 1 is 1.21 bits per heavy atom. The fourth-order valence-corrected chi connectivity index (χ4v) is 2.69. The minimum absolute atomic E-state index is 0.0626. The smallest absolute Gasteiger partial charge is 0.407 e. The molecule has 1 aliphatic rings. The van der Waals surface area contributed by atoms with Gasteiger partial charge in [-0.05, 0) is 38.5 Å². The Hall–Kier alpha value is -2.32. The van der Waals surface area contributed by atoms with Gasteiger partial charge in [-0.1, -0.05) is 12.1 Å². The van der Waals surface area contributed by atoms with Crippen molar-refractivity contribution in [3.63, 3.8) is 0 Å². The van der Waals surface area contributed by atoms with Crippen molar-refractivity contribution in [2.45, 2.75) is 45.4 Å². The molecule has 1 fully saturated rings. The van der Waals surface area contributed by atoms with E-state index in [1.165, 1.54) is 0 Å². The van der Waals surface area contributed by atoms with E-state index in [0.29, 0.717) is 6.61 Å². The molecule has 8 heteroatoms. The van der Waals surface area contributed by atoms with Crippen LogP contribution in [0, 0.1) is 5.92 Å². The molecule has 8 nitrogen and oxygen atoms in total. The van der Waals surface area contributed by atoms with E-state index in [9.17, 15) is 9.59 Å². The molecule has 0 radical (unpaired) electrons. The van der Waals surface area contributed by atoms with Crippen LogP contribution in [0.5, 0.6) is 5.75 Å². The number of esters is 1. The number of carbonyl (C=O) groups excluding carboxylic acids is 2. The van der Waals surface area contributed by atoms with Gasteiger partial charge in [0.2, 0.25) is 0 Å². The molecular weight excluding hydrogens is 366 g/mol. The van der Waals surface area contributed by atoms with Gasteiger partial charge in [0.05, 0.1) is 32.8 Å². The molecule has 1 aliphatic heterocycles. The topological polar surface area (TPSA) is 92.3 Å². The summed E-state index contributed by atoms with van der Waals surface area (Å²) in [6.07, 6.45) is -0.479.